The smallest absolute Gasteiger partial charge is 0.231 e. The number of rotatable bonds is 3. The molecule has 20 heavy (non-hydrogen) atoms. The van der Waals surface area contributed by atoms with Crippen LogP contribution in [0.3, 0.4) is 0 Å². The lowest BCUT2D eigenvalue weighted by Crippen LogP contribution is -2.27. The summed E-state index contributed by atoms with van der Waals surface area (Å²) in [5.41, 5.74) is 3.84. The van der Waals surface area contributed by atoms with E-state index in [0.29, 0.717) is 12.3 Å². The van der Waals surface area contributed by atoms with Crippen LogP contribution >= 0.6 is 0 Å². The molecule has 1 N–H and O–H groups in total. The van der Waals surface area contributed by atoms with Gasteiger partial charge < -0.3 is 9.84 Å². The maximum Gasteiger partial charge on any atom is 0.231 e. The van der Waals surface area contributed by atoms with Crippen LogP contribution in [0.4, 0.5) is 0 Å². The molecule has 3 rings (SSSR count). The number of nitrogens with one attached hydrogen (secondary N) is 1. The van der Waals surface area contributed by atoms with Gasteiger partial charge in [0.15, 0.2) is 5.82 Å². The molecule has 1 fully saturated rings. The van der Waals surface area contributed by atoms with E-state index in [1.54, 1.807) is 0 Å². The van der Waals surface area contributed by atoms with Gasteiger partial charge in [-0.15, -0.1) is 0 Å². The van der Waals surface area contributed by atoms with Crippen LogP contribution in [0, 0.1) is 13.8 Å². The van der Waals surface area contributed by atoms with Crippen LogP contribution in [0.15, 0.2) is 22.7 Å². The summed E-state index contributed by atoms with van der Waals surface area (Å²) in [5.74, 6) is 1.51. The van der Waals surface area contributed by atoms with Gasteiger partial charge in [-0.2, -0.15) is 4.98 Å². The molecule has 0 bridgehead atoms. The second-order valence-electron chi connectivity index (χ2n) is 5.64. The van der Waals surface area contributed by atoms with Crippen molar-refractivity contribution in [2.24, 2.45) is 0 Å². The highest BCUT2D eigenvalue weighted by atomic mass is 16.5. The van der Waals surface area contributed by atoms with Crippen LogP contribution in [0.2, 0.25) is 0 Å². The van der Waals surface area contributed by atoms with E-state index in [1.807, 2.05) is 0 Å². The highest BCUT2D eigenvalue weighted by Crippen LogP contribution is 2.21. The second kappa shape index (κ2) is 5.75. The maximum absolute atomic E-state index is 5.39. The zero-order valence-corrected chi connectivity index (χ0v) is 12.1. The number of hydrogen-bond acceptors (Lipinski definition) is 4. The fourth-order valence-electron chi connectivity index (χ4n) is 2.64. The molecule has 4 heteroatoms. The monoisotopic (exact) mass is 271 g/mol. The Kier molecular flexibility index (Phi) is 3.83. The molecule has 2 aromatic rings. The summed E-state index contributed by atoms with van der Waals surface area (Å²) in [6, 6.07) is 6.73. The molecule has 4 nitrogen and oxygen atoms in total. The van der Waals surface area contributed by atoms with E-state index in [1.165, 1.54) is 29.5 Å². The first-order valence-corrected chi connectivity index (χ1v) is 7.34. The quantitative estimate of drug-likeness (QED) is 0.932. The van der Waals surface area contributed by atoms with Crippen molar-refractivity contribution < 1.29 is 4.52 Å². The van der Waals surface area contributed by atoms with E-state index in [4.69, 9.17) is 4.52 Å². The Morgan fingerprint density at radius 2 is 2.15 bits per heavy atom. The molecular weight excluding hydrogens is 250 g/mol. The summed E-state index contributed by atoms with van der Waals surface area (Å²) in [7, 11) is 0. The summed E-state index contributed by atoms with van der Waals surface area (Å²) in [6.45, 7) is 5.30. The zero-order valence-electron chi connectivity index (χ0n) is 12.1. The van der Waals surface area contributed by atoms with Crippen molar-refractivity contribution in [3.63, 3.8) is 0 Å². The summed E-state index contributed by atoms with van der Waals surface area (Å²) in [5, 5.41) is 7.57. The molecule has 1 saturated heterocycles. The summed E-state index contributed by atoms with van der Waals surface area (Å²) in [6.07, 6.45) is 4.28. The number of benzene rings is 1. The molecule has 1 unspecified atom stereocenters. The Bertz CT molecular complexity index is 585. The Labute approximate surface area is 119 Å². The average Bonchev–Trinajstić information content (AvgIpc) is 2.92. The number of aryl methyl sites for hydroxylation is 2. The average molecular weight is 271 g/mol. The molecular formula is C16H21N3O. The molecule has 1 aliphatic rings. The Morgan fingerprint density at radius 3 is 2.90 bits per heavy atom. The molecule has 106 valence electrons. The van der Waals surface area contributed by atoms with Crippen molar-refractivity contribution >= 4 is 0 Å². The maximum atomic E-state index is 5.39. The van der Waals surface area contributed by atoms with E-state index < -0.39 is 0 Å². The highest BCUT2D eigenvalue weighted by molar-refractivity contribution is 5.31. The van der Waals surface area contributed by atoms with Gasteiger partial charge in [0.25, 0.3) is 0 Å². The van der Waals surface area contributed by atoms with Crippen LogP contribution in [0.25, 0.3) is 0 Å². The van der Waals surface area contributed by atoms with E-state index in [0.717, 1.165) is 18.8 Å². The third-order valence-electron chi connectivity index (χ3n) is 4.03. The molecule has 0 spiro atoms. The number of piperidine rings is 1. The van der Waals surface area contributed by atoms with Gasteiger partial charge in [0, 0.05) is 0 Å². The van der Waals surface area contributed by atoms with Crippen molar-refractivity contribution in [3.8, 4) is 0 Å². The lowest BCUT2D eigenvalue weighted by atomic mass is 10.0. The lowest BCUT2D eigenvalue weighted by Gasteiger charge is -2.19. The molecule has 1 aromatic heterocycles. The SMILES string of the molecule is Cc1ccc(Cc2nc(C3CCCCN3)no2)cc1C. The summed E-state index contributed by atoms with van der Waals surface area (Å²) < 4.78 is 5.39. The Hall–Kier alpha value is -1.68. The first kappa shape index (κ1) is 13.3. The molecule has 0 aliphatic carbocycles. The van der Waals surface area contributed by atoms with E-state index in [9.17, 15) is 0 Å². The second-order valence-corrected chi connectivity index (χ2v) is 5.64. The minimum Gasteiger partial charge on any atom is -0.339 e. The van der Waals surface area contributed by atoms with E-state index in [2.05, 4.69) is 47.5 Å². The van der Waals surface area contributed by atoms with Gasteiger partial charge >= 0.3 is 0 Å². The summed E-state index contributed by atoms with van der Waals surface area (Å²) in [4.78, 5) is 4.54. The van der Waals surface area contributed by atoms with E-state index in [-0.39, 0.29) is 6.04 Å². The van der Waals surface area contributed by atoms with Gasteiger partial charge in [0.2, 0.25) is 5.89 Å². The van der Waals surface area contributed by atoms with Crippen LogP contribution in [-0.4, -0.2) is 16.7 Å². The molecule has 1 atom stereocenters. The molecule has 2 heterocycles. The first-order valence-electron chi connectivity index (χ1n) is 7.34. The topological polar surface area (TPSA) is 51.0 Å². The normalized spacial score (nSPS) is 19.2. The third kappa shape index (κ3) is 2.90. The van der Waals surface area contributed by atoms with Crippen molar-refractivity contribution in [2.75, 3.05) is 6.54 Å². The minimum atomic E-state index is 0.265. The van der Waals surface area contributed by atoms with Crippen LogP contribution in [-0.2, 0) is 6.42 Å². The third-order valence-corrected chi connectivity index (χ3v) is 4.03. The molecule has 0 radical (unpaired) electrons. The molecule has 1 aromatic carbocycles. The molecule has 1 aliphatic heterocycles. The predicted molar refractivity (Wildman–Crippen MR) is 77.6 cm³/mol. The van der Waals surface area contributed by atoms with Gasteiger partial charge in [-0.25, -0.2) is 0 Å². The zero-order chi connectivity index (χ0) is 13.9. The van der Waals surface area contributed by atoms with E-state index >= 15 is 0 Å². The summed E-state index contributed by atoms with van der Waals surface area (Å²) >= 11 is 0. The lowest BCUT2D eigenvalue weighted by molar-refractivity contribution is 0.351. The largest absolute Gasteiger partial charge is 0.339 e. The fraction of sp³-hybridized carbons (Fsp3) is 0.500. The number of aromatic nitrogens is 2. The highest BCUT2D eigenvalue weighted by Gasteiger charge is 2.20. The van der Waals surface area contributed by atoms with Gasteiger partial charge in [-0.1, -0.05) is 29.8 Å². The van der Waals surface area contributed by atoms with Crippen LogP contribution < -0.4 is 5.32 Å². The first-order chi connectivity index (χ1) is 9.72. The van der Waals surface area contributed by atoms with Crippen molar-refractivity contribution in [1.82, 2.24) is 15.5 Å². The number of hydrogen-bond donors (Lipinski definition) is 1. The number of nitrogens with zero attached hydrogens (tertiary/aromatic N) is 2. The fourth-order valence-corrected chi connectivity index (χ4v) is 2.64. The predicted octanol–water partition coefficient (Wildman–Crippen LogP) is 3.09. The molecule has 0 amide bonds. The van der Waals surface area contributed by atoms with Gasteiger partial charge in [0.05, 0.1) is 12.5 Å². The molecule has 0 saturated carbocycles. The van der Waals surface area contributed by atoms with Crippen molar-refractivity contribution in [1.29, 1.82) is 0 Å². The van der Waals surface area contributed by atoms with Crippen molar-refractivity contribution in [3.05, 3.63) is 46.6 Å². The van der Waals surface area contributed by atoms with Gasteiger partial charge in [-0.3, -0.25) is 0 Å². The van der Waals surface area contributed by atoms with Crippen molar-refractivity contribution in [2.45, 2.75) is 45.6 Å². The van der Waals surface area contributed by atoms with Crippen LogP contribution in [0.1, 0.15) is 53.7 Å². The standard InChI is InChI=1S/C16H21N3O/c1-11-6-7-13(9-12(11)2)10-15-18-16(19-20-15)14-5-3-4-8-17-14/h6-7,9,14,17H,3-5,8,10H2,1-2H3. The van der Waals surface area contributed by atoms with Gasteiger partial charge in [0.1, 0.15) is 0 Å². The Balaban J connectivity index is 1.71. The Morgan fingerprint density at radius 1 is 1.25 bits per heavy atom. The van der Waals surface area contributed by atoms with Crippen LogP contribution in [0.5, 0.6) is 0 Å². The van der Waals surface area contributed by atoms with Gasteiger partial charge in [-0.05, 0) is 49.9 Å². The minimum absolute atomic E-state index is 0.265.